The summed E-state index contributed by atoms with van der Waals surface area (Å²) in [7, 11) is 0. The van der Waals surface area contributed by atoms with Gasteiger partial charge in [-0.05, 0) is 53.5 Å². The molecule has 2 rings (SSSR count). The molecule has 0 bridgehead atoms. The number of halogens is 1. The van der Waals surface area contributed by atoms with E-state index in [0.717, 1.165) is 21.3 Å². The molecule has 0 fully saturated rings. The maximum atomic E-state index is 5.87. The molecule has 0 amide bonds. The summed E-state index contributed by atoms with van der Waals surface area (Å²) < 4.78 is 6.80. The van der Waals surface area contributed by atoms with Gasteiger partial charge in [-0.1, -0.05) is 6.08 Å². The molecule has 98 valence electrons. The largest absolute Gasteiger partial charge is 0.438 e. The average molecular weight is 319 g/mol. The summed E-state index contributed by atoms with van der Waals surface area (Å²) >= 11 is 3.38. The van der Waals surface area contributed by atoms with Crippen molar-refractivity contribution in [3.63, 3.8) is 0 Å². The molecule has 19 heavy (non-hydrogen) atoms. The smallest absolute Gasteiger partial charge is 0.222 e. The molecule has 0 aliphatic heterocycles. The number of pyridine rings is 1. The van der Waals surface area contributed by atoms with Crippen LogP contribution in [-0.2, 0) is 6.42 Å². The van der Waals surface area contributed by atoms with Gasteiger partial charge in [0.25, 0.3) is 0 Å². The van der Waals surface area contributed by atoms with Crippen LogP contribution < -0.4 is 10.5 Å². The van der Waals surface area contributed by atoms with Crippen molar-refractivity contribution in [2.45, 2.75) is 13.3 Å². The molecule has 0 atom stereocenters. The van der Waals surface area contributed by atoms with Crippen molar-refractivity contribution in [3.05, 3.63) is 58.7 Å². The minimum Gasteiger partial charge on any atom is -0.438 e. The second-order valence-corrected chi connectivity index (χ2v) is 5.15. The maximum Gasteiger partial charge on any atom is 0.222 e. The molecule has 1 aromatic heterocycles. The van der Waals surface area contributed by atoms with Gasteiger partial charge in [0.15, 0.2) is 0 Å². The van der Waals surface area contributed by atoms with E-state index in [1.54, 1.807) is 6.20 Å². The molecule has 2 N–H and O–H groups in total. The van der Waals surface area contributed by atoms with E-state index < -0.39 is 0 Å². The van der Waals surface area contributed by atoms with Crippen molar-refractivity contribution in [3.8, 4) is 11.6 Å². The fourth-order valence-corrected chi connectivity index (χ4v) is 2.20. The molecule has 0 radical (unpaired) electrons. The molecule has 3 nitrogen and oxygen atoms in total. The molecule has 1 aromatic carbocycles. The number of anilines is 1. The van der Waals surface area contributed by atoms with Crippen LogP contribution in [0.5, 0.6) is 11.6 Å². The summed E-state index contributed by atoms with van der Waals surface area (Å²) in [6, 6.07) is 7.53. The van der Waals surface area contributed by atoms with E-state index in [2.05, 4.69) is 27.5 Å². The molecule has 0 unspecified atom stereocenters. The number of aromatic nitrogens is 1. The zero-order valence-electron chi connectivity index (χ0n) is 10.7. The number of nitrogen functional groups attached to an aromatic ring is 1. The van der Waals surface area contributed by atoms with Crippen LogP contribution in [0.25, 0.3) is 0 Å². The van der Waals surface area contributed by atoms with Crippen molar-refractivity contribution >= 4 is 21.6 Å². The predicted octanol–water partition coefficient (Wildman–Crippen LogP) is 4.26. The number of nitrogens with two attached hydrogens (primary N) is 1. The minimum atomic E-state index is 0.596. The summed E-state index contributed by atoms with van der Waals surface area (Å²) in [5.41, 5.74) is 8.47. The van der Waals surface area contributed by atoms with Crippen molar-refractivity contribution in [1.29, 1.82) is 0 Å². The number of aryl methyl sites for hydroxylation is 1. The van der Waals surface area contributed by atoms with Gasteiger partial charge < -0.3 is 10.5 Å². The molecule has 0 saturated carbocycles. The van der Waals surface area contributed by atoms with Gasteiger partial charge in [-0.3, -0.25) is 0 Å². The monoisotopic (exact) mass is 318 g/mol. The third-order valence-electron chi connectivity index (χ3n) is 2.65. The van der Waals surface area contributed by atoms with Gasteiger partial charge in [-0.25, -0.2) is 4.98 Å². The first kappa shape index (κ1) is 13.6. The minimum absolute atomic E-state index is 0.596. The van der Waals surface area contributed by atoms with Crippen LogP contribution in [0.15, 0.2) is 47.6 Å². The summed E-state index contributed by atoms with van der Waals surface area (Å²) in [5, 5.41) is 0. The Balaban J connectivity index is 2.34. The summed E-state index contributed by atoms with van der Waals surface area (Å²) in [4.78, 5) is 4.27. The Morgan fingerprint density at radius 1 is 1.42 bits per heavy atom. The van der Waals surface area contributed by atoms with Gasteiger partial charge in [0.2, 0.25) is 5.88 Å². The zero-order chi connectivity index (χ0) is 13.8. The standard InChI is InChI=1S/C15H15BrN2O/c1-3-4-11-8-13(17)5-6-14(11)19-15-10(2)7-12(16)9-18-15/h3,5-9H,1,4,17H2,2H3. The molecule has 4 heteroatoms. The number of benzene rings is 1. The van der Waals surface area contributed by atoms with Crippen LogP contribution in [0.4, 0.5) is 5.69 Å². The van der Waals surface area contributed by atoms with Gasteiger partial charge in [0.1, 0.15) is 5.75 Å². The third kappa shape index (κ3) is 3.35. The van der Waals surface area contributed by atoms with Gasteiger partial charge in [-0.15, -0.1) is 6.58 Å². The first-order valence-electron chi connectivity index (χ1n) is 5.89. The fourth-order valence-electron chi connectivity index (χ4n) is 1.75. The SMILES string of the molecule is C=CCc1cc(N)ccc1Oc1ncc(Br)cc1C. The molecular weight excluding hydrogens is 304 g/mol. The van der Waals surface area contributed by atoms with E-state index in [0.29, 0.717) is 18.0 Å². The van der Waals surface area contributed by atoms with Crippen LogP contribution in [0, 0.1) is 6.92 Å². The lowest BCUT2D eigenvalue weighted by Crippen LogP contribution is -1.96. The number of ether oxygens (including phenoxy) is 1. The highest BCUT2D eigenvalue weighted by Gasteiger charge is 2.08. The van der Waals surface area contributed by atoms with Crippen LogP contribution in [0.1, 0.15) is 11.1 Å². The van der Waals surface area contributed by atoms with E-state index in [1.165, 1.54) is 0 Å². The predicted molar refractivity (Wildman–Crippen MR) is 81.5 cm³/mol. The lowest BCUT2D eigenvalue weighted by atomic mass is 10.1. The average Bonchev–Trinajstić information content (AvgIpc) is 2.36. The number of nitrogens with zero attached hydrogens (tertiary/aromatic N) is 1. The number of rotatable bonds is 4. The van der Waals surface area contributed by atoms with E-state index in [4.69, 9.17) is 10.5 Å². The summed E-state index contributed by atoms with van der Waals surface area (Å²) in [6.45, 7) is 5.70. The van der Waals surface area contributed by atoms with Gasteiger partial charge in [0.05, 0.1) is 0 Å². The Morgan fingerprint density at radius 2 is 2.21 bits per heavy atom. The fraction of sp³-hybridized carbons (Fsp3) is 0.133. The Bertz CT molecular complexity index is 611. The highest BCUT2D eigenvalue weighted by atomic mass is 79.9. The van der Waals surface area contributed by atoms with Crippen molar-refractivity contribution in [1.82, 2.24) is 4.98 Å². The van der Waals surface area contributed by atoms with Crippen LogP contribution in [0.3, 0.4) is 0 Å². The van der Waals surface area contributed by atoms with Crippen molar-refractivity contribution in [2.24, 2.45) is 0 Å². The first-order valence-corrected chi connectivity index (χ1v) is 6.68. The Morgan fingerprint density at radius 3 is 2.89 bits per heavy atom. The normalized spacial score (nSPS) is 10.2. The number of hydrogen-bond acceptors (Lipinski definition) is 3. The van der Waals surface area contributed by atoms with Crippen molar-refractivity contribution in [2.75, 3.05) is 5.73 Å². The van der Waals surface area contributed by atoms with E-state index in [1.807, 2.05) is 37.3 Å². The molecule has 0 aliphatic rings. The van der Waals surface area contributed by atoms with E-state index >= 15 is 0 Å². The molecule has 0 saturated heterocycles. The highest BCUT2D eigenvalue weighted by molar-refractivity contribution is 9.10. The summed E-state index contributed by atoms with van der Waals surface area (Å²) in [6.07, 6.45) is 4.24. The maximum absolute atomic E-state index is 5.87. The molecule has 0 spiro atoms. The van der Waals surface area contributed by atoms with E-state index in [9.17, 15) is 0 Å². The van der Waals surface area contributed by atoms with Gasteiger partial charge in [-0.2, -0.15) is 0 Å². The molecular formula is C15H15BrN2O. The summed E-state index contributed by atoms with van der Waals surface area (Å²) in [5.74, 6) is 1.35. The van der Waals surface area contributed by atoms with Gasteiger partial charge >= 0.3 is 0 Å². The Kier molecular flexibility index (Phi) is 4.22. The lowest BCUT2D eigenvalue weighted by Gasteiger charge is -2.12. The lowest BCUT2D eigenvalue weighted by molar-refractivity contribution is 0.454. The Labute approximate surface area is 121 Å². The topological polar surface area (TPSA) is 48.1 Å². The first-order chi connectivity index (χ1) is 9.10. The molecule has 1 heterocycles. The number of allylic oxidation sites excluding steroid dienone is 1. The second-order valence-electron chi connectivity index (χ2n) is 4.24. The zero-order valence-corrected chi connectivity index (χ0v) is 12.3. The van der Waals surface area contributed by atoms with Crippen molar-refractivity contribution < 1.29 is 4.74 Å². The Hall–Kier alpha value is -1.81. The third-order valence-corrected chi connectivity index (χ3v) is 3.09. The highest BCUT2D eigenvalue weighted by Crippen LogP contribution is 2.29. The molecule has 0 aliphatic carbocycles. The molecule has 2 aromatic rings. The van der Waals surface area contributed by atoms with Gasteiger partial charge in [0, 0.05) is 27.5 Å². The number of hydrogen-bond donors (Lipinski definition) is 1. The van der Waals surface area contributed by atoms with Crippen LogP contribution in [0.2, 0.25) is 0 Å². The quantitative estimate of drug-likeness (QED) is 0.677. The van der Waals surface area contributed by atoms with E-state index in [-0.39, 0.29) is 0 Å². The van der Waals surface area contributed by atoms with Crippen LogP contribution in [-0.4, -0.2) is 4.98 Å². The second kappa shape index (κ2) is 5.89. The van der Waals surface area contributed by atoms with Crippen LogP contribution >= 0.6 is 15.9 Å².